The Labute approximate surface area is 111 Å². The predicted molar refractivity (Wildman–Crippen MR) is 62.5 cm³/mol. The van der Waals surface area contributed by atoms with Crippen molar-refractivity contribution in [2.45, 2.75) is 18.9 Å². The van der Waals surface area contributed by atoms with Crippen molar-refractivity contribution in [2.75, 3.05) is 12.4 Å². The Bertz CT molecular complexity index is 450. The Balaban J connectivity index is 2.46. The van der Waals surface area contributed by atoms with E-state index < -0.39 is 24.0 Å². The number of nitrogens with zero attached hydrogens (tertiary/aromatic N) is 3. The van der Waals surface area contributed by atoms with Crippen molar-refractivity contribution in [1.29, 1.82) is 0 Å². The number of rotatable bonds is 6. The number of anilines is 1. The van der Waals surface area contributed by atoms with Crippen LogP contribution in [0.4, 0.5) is 9.93 Å². The highest BCUT2D eigenvalue weighted by Gasteiger charge is 2.21. The third kappa shape index (κ3) is 5.25. The van der Waals surface area contributed by atoms with Crippen LogP contribution in [0.1, 0.15) is 12.8 Å². The smallest absolute Gasteiger partial charge is 0.326 e. The van der Waals surface area contributed by atoms with Gasteiger partial charge in [0.05, 0.1) is 7.11 Å². The van der Waals surface area contributed by atoms with Crippen LogP contribution < -0.4 is 10.6 Å². The van der Waals surface area contributed by atoms with Gasteiger partial charge < -0.3 is 15.2 Å². The molecule has 0 aromatic carbocycles. The summed E-state index contributed by atoms with van der Waals surface area (Å²) in [5, 5.41) is 20.2. The Morgan fingerprint density at radius 2 is 2.21 bits per heavy atom. The standard InChI is InChI=1S/C8H11N5O5S/c1-18-5(14)3-2-4(6(15)16)9-7(17)10-8-11-12-13-19-8/h4H,2-3H2,1H3,(H,15,16)(H2,9,10,11,13,17)/t4-/m0/s1. The van der Waals surface area contributed by atoms with Gasteiger partial charge in [0.1, 0.15) is 6.04 Å². The van der Waals surface area contributed by atoms with E-state index in [4.69, 9.17) is 5.11 Å². The molecule has 0 bridgehead atoms. The van der Waals surface area contributed by atoms with E-state index in [1.807, 2.05) is 0 Å². The molecule has 0 radical (unpaired) electrons. The van der Waals surface area contributed by atoms with Crippen molar-refractivity contribution < 1.29 is 24.2 Å². The molecule has 0 aliphatic heterocycles. The molecular formula is C8H11N5O5S. The first-order chi connectivity index (χ1) is 9.02. The van der Waals surface area contributed by atoms with Gasteiger partial charge in [0, 0.05) is 18.0 Å². The zero-order chi connectivity index (χ0) is 14.3. The summed E-state index contributed by atoms with van der Waals surface area (Å²) in [5.74, 6) is -1.81. The van der Waals surface area contributed by atoms with Gasteiger partial charge in [0.2, 0.25) is 5.13 Å². The highest BCUT2D eigenvalue weighted by atomic mass is 32.1. The molecule has 1 aromatic heterocycles. The zero-order valence-electron chi connectivity index (χ0n) is 9.82. The Kier molecular flexibility index (Phi) is 5.60. The van der Waals surface area contributed by atoms with Crippen LogP contribution in [0.5, 0.6) is 0 Å². The second-order valence-corrected chi connectivity index (χ2v) is 4.00. The SMILES string of the molecule is COC(=O)CC[C@H](NC(=O)Nc1nnns1)C(=O)O. The Morgan fingerprint density at radius 3 is 2.74 bits per heavy atom. The maximum atomic E-state index is 11.4. The van der Waals surface area contributed by atoms with Gasteiger partial charge in [-0.25, -0.2) is 9.59 Å². The quantitative estimate of drug-likeness (QED) is 0.592. The molecule has 1 aromatic rings. The van der Waals surface area contributed by atoms with Gasteiger partial charge in [0.15, 0.2) is 0 Å². The van der Waals surface area contributed by atoms with Gasteiger partial charge in [-0.3, -0.25) is 10.1 Å². The van der Waals surface area contributed by atoms with Crippen LogP contribution in [0, 0.1) is 0 Å². The number of methoxy groups -OCH3 is 1. The van der Waals surface area contributed by atoms with E-state index in [0.717, 1.165) is 11.5 Å². The first-order valence-corrected chi connectivity index (χ1v) is 5.82. The molecule has 2 amide bonds. The minimum Gasteiger partial charge on any atom is -0.480 e. The molecule has 3 N–H and O–H groups in total. The van der Waals surface area contributed by atoms with Gasteiger partial charge in [-0.05, 0) is 11.6 Å². The highest BCUT2D eigenvalue weighted by molar-refractivity contribution is 7.09. The first kappa shape index (κ1) is 14.8. The van der Waals surface area contributed by atoms with Crippen LogP contribution in [0.25, 0.3) is 0 Å². The number of carboxylic acid groups (broad SMARTS) is 1. The summed E-state index contributed by atoms with van der Waals surface area (Å²) in [7, 11) is 1.20. The second-order valence-electron chi connectivity index (χ2n) is 3.27. The van der Waals surface area contributed by atoms with E-state index >= 15 is 0 Å². The minimum atomic E-state index is -1.26. The van der Waals surface area contributed by atoms with Crippen molar-refractivity contribution in [3.8, 4) is 0 Å². The van der Waals surface area contributed by atoms with Crippen LogP contribution in [-0.2, 0) is 14.3 Å². The van der Waals surface area contributed by atoms with Crippen molar-refractivity contribution in [3.05, 3.63) is 0 Å². The summed E-state index contributed by atoms with van der Waals surface area (Å²) in [5.41, 5.74) is 0. The third-order valence-corrected chi connectivity index (χ3v) is 2.50. The molecule has 1 heterocycles. The molecule has 10 nitrogen and oxygen atoms in total. The largest absolute Gasteiger partial charge is 0.480 e. The lowest BCUT2D eigenvalue weighted by Crippen LogP contribution is -2.43. The van der Waals surface area contributed by atoms with Crippen LogP contribution >= 0.6 is 11.5 Å². The van der Waals surface area contributed by atoms with Gasteiger partial charge in [0.25, 0.3) is 0 Å². The summed E-state index contributed by atoms with van der Waals surface area (Å²) in [4.78, 5) is 33.3. The number of urea groups is 1. The van der Waals surface area contributed by atoms with Crippen LogP contribution in [0.3, 0.4) is 0 Å². The number of carbonyl (C=O) groups excluding carboxylic acids is 2. The van der Waals surface area contributed by atoms with Gasteiger partial charge in [-0.2, -0.15) is 0 Å². The Morgan fingerprint density at radius 1 is 1.47 bits per heavy atom. The summed E-state index contributed by atoms with van der Waals surface area (Å²) in [6.07, 6.45) is -0.197. The lowest BCUT2D eigenvalue weighted by atomic mass is 10.1. The van der Waals surface area contributed by atoms with E-state index in [9.17, 15) is 14.4 Å². The number of hydrogen-bond acceptors (Lipinski definition) is 8. The summed E-state index contributed by atoms with van der Waals surface area (Å²) >= 11 is 0.843. The monoisotopic (exact) mass is 289 g/mol. The van der Waals surface area contributed by atoms with Crippen molar-refractivity contribution in [2.24, 2.45) is 0 Å². The molecule has 19 heavy (non-hydrogen) atoms. The molecule has 0 fully saturated rings. The molecule has 1 rings (SSSR count). The molecule has 0 saturated carbocycles. The molecule has 0 saturated heterocycles. The molecule has 104 valence electrons. The molecule has 11 heteroatoms. The van der Waals surface area contributed by atoms with E-state index in [0.29, 0.717) is 0 Å². The summed E-state index contributed by atoms with van der Waals surface area (Å²) in [6.45, 7) is 0. The molecule has 0 aliphatic carbocycles. The van der Waals surface area contributed by atoms with Crippen LogP contribution in [-0.4, -0.2) is 51.0 Å². The predicted octanol–water partition coefficient (Wildman–Crippen LogP) is -0.539. The lowest BCUT2D eigenvalue weighted by molar-refractivity contribution is -0.142. The molecule has 0 spiro atoms. The number of ether oxygens (including phenoxy) is 1. The molecule has 0 aliphatic rings. The number of carboxylic acids is 1. The second kappa shape index (κ2) is 7.20. The first-order valence-electron chi connectivity index (χ1n) is 5.05. The normalized spacial score (nSPS) is 11.4. The van der Waals surface area contributed by atoms with Crippen molar-refractivity contribution in [1.82, 2.24) is 20.1 Å². The average Bonchev–Trinajstić information content (AvgIpc) is 2.86. The number of aliphatic carboxylic acids is 1. The van der Waals surface area contributed by atoms with Crippen molar-refractivity contribution in [3.63, 3.8) is 0 Å². The van der Waals surface area contributed by atoms with E-state index in [-0.39, 0.29) is 18.0 Å². The Hall–Kier alpha value is -2.30. The maximum absolute atomic E-state index is 11.4. The van der Waals surface area contributed by atoms with Crippen LogP contribution in [0.2, 0.25) is 0 Å². The summed E-state index contributed by atoms with van der Waals surface area (Å²) in [6, 6.07) is -1.98. The lowest BCUT2D eigenvalue weighted by Gasteiger charge is -2.13. The van der Waals surface area contributed by atoms with Gasteiger partial charge >= 0.3 is 18.0 Å². The molecule has 0 unspecified atom stereocenters. The van der Waals surface area contributed by atoms with Crippen molar-refractivity contribution >= 4 is 34.6 Å². The van der Waals surface area contributed by atoms with E-state index in [1.54, 1.807) is 0 Å². The number of amides is 2. The number of carbonyl (C=O) groups is 3. The van der Waals surface area contributed by atoms with E-state index in [1.165, 1.54) is 7.11 Å². The fourth-order valence-electron chi connectivity index (χ4n) is 1.09. The number of aromatic nitrogens is 3. The molecular weight excluding hydrogens is 278 g/mol. The number of hydrogen-bond donors (Lipinski definition) is 3. The van der Waals surface area contributed by atoms with Crippen LogP contribution in [0.15, 0.2) is 0 Å². The average molecular weight is 289 g/mol. The zero-order valence-corrected chi connectivity index (χ0v) is 10.6. The maximum Gasteiger partial charge on any atom is 0.326 e. The topological polar surface area (TPSA) is 143 Å². The highest BCUT2D eigenvalue weighted by Crippen LogP contribution is 2.05. The third-order valence-electron chi connectivity index (χ3n) is 1.99. The summed E-state index contributed by atoms with van der Waals surface area (Å²) < 4.78 is 7.81. The van der Waals surface area contributed by atoms with Gasteiger partial charge in [-0.15, -0.1) is 0 Å². The number of esters is 1. The minimum absolute atomic E-state index is 0.0796. The van der Waals surface area contributed by atoms with Gasteiger partial charge in [-0.1, -0.05) is 9.59 Å². The molecule has 1 atom stereocenters. The fraction of sp³-hybridized carbons (Fsp3) is 0.500. The van der Waals surface area contributed by atoms with E-state index in [2.05, 4.69) is 30.2 Å². The number of nitrogens with one attached hydrogen (secondary N) is 2. The fourth-order valence-corrected chi connectivity index (χ4v) is 1.46.